The third-order valence-corrected chi connectivity index (χ3v) is 5.28. The molecule has 1 fully saturated rings. The fourth-order valence-corrected chi connectivity index (χ4v) is 3.78. The number of carbonyl (C=O) groups is 1. The van der Waals surface area contributed by atoms with Gasteiger partial charge in [-0.05, 0) is 54.6 Å². The highest BCUT2D eigenvalue weighted by Crippen LogP contribution is 2.42. The van der Waals surface area contributed by atoms with E-state index in [2.05, 4.69) is 57.2 Å². The largest absolute Gasteiger partial charge is 0.481 e. The molecule has 2 rings (SSSR count). The van der Waals surface area contributed by atoms with Crippen molar-refractivity contribution in [3.05, 3.63) is 47.5 Å². The van der Waals surface area contributed by atoms with E-state index in [0.29, 0.717) is 12.3 Å². The van der Waals surface area contributed by atoms with Crippen molar-refractivity contribution in [3.63, 3.8) is 0 Å². The maximum atomic E-state index is 10.5. The lowest BCUT2D eigenvalue weighted by atomic mass is 9.82. The second-order valence-electron chi connectivity index (χ2n) is 8.30. The third-order valence-electron chi connectivity index (χ3n) is 5.28. The van der Waals surface area contributed by atoms with Crippen LogP contribution in [0.3, 0.4) is 0 Å². The number of carboxylic acid groups (broad SMARTS) is 1. The maximum Gasteiger partial charge on any atom is 0.303 e. The number of aliphatic hydroxyl groups excluding tert-OH is 1. The lowest BCUT2D eigenvalue weighted by molar-refractivity contribution is -0.137. The van der Waals surface area contributed by atoms with Crippen molar-refractivity contribution in [2.45, 2.75) is 76.7 Å². The minimum absolute atomic E-state index is 0.144. The molecule has 0 saturated heterocycles. The molecular weight excluding hydrogens is 312 g/mol. The van der Waals surface area contributed by atoms with Gasteiger partial charge in [0.25, 0.3) is 0 Å². The Hall–Kier alpha value is -1.61. The first-order valence-electron chi connectivity index (χ1n) is 9.44. The molecule has 3 heteroatoms. The Morgan fingerprint density at radius 2 is 1.84 bits per heavy atom. The van der Waals surface area contributed by atoms with Gasteiger partial charge in [-0.1, -0.05) is 57.2 Å². The van der Waals surface area contributed by atoms with Crippen LogP contribution in [-0.4, -0.2) is 22.3 Å². The highest BCUT2D eigenvalue weighted by Gasteiger charge is 2.35. The molecule has 1 aromatic carbocycles. The summed E-state index contributed by atoms with van der Waals surface area (Å²) >= 11 is 0. The highest BCUT2D eigenvalue weighted by atomic mass is 16.4. The molecule has 1 aliphatic carbocycles. The van der Waals surface area contributed by atoms with Gasteiger partial charge in [0.15, 0.2) is 0 Å². The van der Waals surface area contributed by atoms with Gasteiger partial charge >= 0.3 is 5.97 Å². The van der Waals surface area contributed by atoms with E-state index in [1.807, 2.05) is 0 Å². The molecule has 0 aliphatic heterocycles. The fraction of sp³-hybridized carbons (Fsp3) is 0.591. The molecule has 1 saturated carbocycles. The molecule has 3 nitrogen and oxygen atoms in total. The van der Waals surface area contributed by atoms with Crippen LogP contribution in [-0.2, 0) is 10.2 Å². The normalized spacial score (nSPS) is 24.1. The predicted molar refractivity (Wildman–Crippen MR) is 102 cm³/mol. The first-order chi connectivity index (χ1) is 11.8. The van der Waals surface area contributed by atoms with E-state index in [1.165, 1.54) is 11.1 Å². The summed E-state index contributed by atoms with van der Waals surface area (Å²) in [6, 6.07) is 8.76. The monoisotopic (exact) mass is 344 g/mol. The summed E-state index contributed by atoms with van der Waals surface area (Å²) in [6.07, 6.45) is 8.60. The van der Waals surface area contributed by atoms with Crippen molar-refractivity contribution in [2.24, 2.45) is 5.92 Å². The smallest absolute Gasteiger partial charge is 0.303 e. The molecule has 0 spiro atoms. The number of hydrogen-bond acceptors (Lipinski definition) is 2. The van der Waals surface area contributed by atoms with Crippen LogP contribution in [0.5, 0.6) is 0 Å². The molecule has 0 radical (unpaired) electrons. The van der Waals surface area contributed by atoms with Crippen molar-refractivity contribution in [1.82, 2.24) is 0 Å². The molecule has 3 atom stereocenters. The van der Waals surface area contributed by atoms with Gasteiger partial charge in [-0.25, -0.2) is 0 Å². The van der Waals surface area contributed by atoms with Crippen LogP contribution >= 0.6 is 0 Å². The summed E-state index contributed by atoms with van der Waals surface area (Å²) in [5, 5.41) is 19.1. The van der Waals surface area contributed by atoms with Crippen LogP contribution in [0.4, 0.5) is 0 Å². The van der Waals surface area contributed by atoms with Gasteiger partial charge in [-0.3, -0.25) is 4.79 Å². The molecule has 25 heavy (non-hydrogen) atoms. The van der Waals surface area contributed by atoms with E-state index < -0.39 is 5.97 Å². The number of rotatable bonds is 7. The van der Waals surface area contributed by atoms with E-state index in [1.54, 1.807) is 0 Å². The number of aliphatic carboxylic acids is 1. The van der Waals surface area contributed by atoms with Gasteiger partial charge in [0.1, 0.15) is 0 Å². The summed E-state index contributed by atoms with van der Waals surface area (Å²) in [5.74, 6) is -0.0602. The van der Waals surface area contributed by atoms with E-state index in [4.69, 9.17) is 5.11 Å². The molecule has 0 amide bonds. The highest BCUT2D eigenvalue weighted by molar-refractivity contribution is 5.66. The summed E-state index contributed by atoms with van der Waals surface area (Å²) in [7, 11) is 0. The number of unbranched alkanes of at least 4 members (excludes halogenated alkanes) is 1. The number of allylic oxidation sites excluding steroid dienone is 2. The first kappa shape index (κ1) is 19.7. The van der Waals surface area contributed by atoms with Crippen molar-refractivity contribution < 1.29 is 15.0 Å². The van der Waals surface area contributed by atoms with E-state index in [-0.39, 0.29) is 23.9 Å². The Kier molecular flexibility index (Phi) is 6.83. The van der Waals surface area contributed by atoms with Crippen LogP contribution in [0.25, 0.3) is 0 Å². The molecule has 3 unspecified atom stereocenters. The van der Waals surface area contributed by atoms with Crippen LogP contribution in [0.2, 0.25) is 0 Å². The Morgan fingerprint density at radius 1 is 1.16 bits per heavy atom. The van der Waals surface area contributed by atoms with Gasteiger partial charge in [-0.2, -0.15) is 0 Å². The van der Waals surface area contributed by atoms with Crippen LogP contribution in [0.15, 0.2) is 36.4 Å². The molecule has 138 valence electrons. The van der Waals surface area contributed by atoms with Crippen LogP contribution < -0.4 is 0 Å². The molecule has 0 heterocycles. The number of carboxylic acids is 1. The predicted octanol–water partition coefficient (Wildman–Crippen LogP) is 5.04. The summed E-state index contributed by atoms with van der Waals surface area (Å²) < 4.78 is 0. The molecule has 0 bridgehead atoms. The van der Waals surface area contributed by atoms with Crippen LogP contribution in [0.1, 0.15) is 76.3 Å². The zero-order valence-corrected chi connectivity index (χ0v) is 15.7. The lowest BCUT2D eigenvalue weighted by Crippen LogP contribution is -2.17. The van der Waals surface area contributed by atoms with E-state index in [9.17, 15) is 9.90 Å². The second-order valence-corrected chi connectivity index (χ2v) is 8.30. The fourth-order valence-electron chi connectivity index (χ4n) is 3.78. The van der Waals surface area contributed by atoms with Crippen molar-refractivity contribution in [3.8, 4) is 0 Å². The minimum atomic E-state index is -0.730. The van der Waals surface area contributed by atoms with Crippen molar-refractivity contribution in [1.29, 1.82) is 0 Å². The third kappa shape index (κ3) is 5.71. The van der Waals surface area contributed by atoms with Crippen LogP contribution in [0, 0.1) is 5.92 Å². The zero-order chi connectivity index (χ0) is 18.4. The van der Waals surface area contributed by atoms with Gasteiger partial charge in [0.05, 0.1) is 6.10 Å². The first-order valence-corrected chi connectivity index (χ1v) is 9.44. The Morgan fingerprint density at radius 3 is 2.44 bits per heavy atom. The Bertz CT molecular complexity index is 580. The topological polar surface area (TPSA) is 57.5 Å². The van der Waals surface area contributed by atoms with Gasteiger partial charge in [0, 0.05) is 12.3 Å². The van der Waals surface area contributed by atoms with Crippen molar-refractivity contribution in [2.75, 3.05) is 0 Å². The Labute approximate surface area is 151 Å². The standard InChI is InChI=1S/C22H32O3/c1-22(2,3)18-13-10-17(11-14-18)21-16(12-15-19(21)23)8-6-4-5-7-9-20(24)25/h4,6,10-11,13-14,16,19,21,23H,5,7-9,12,15H2,1-3H3,(H,24,25)/b6-4+. The number of hydrogen-bond donors (Lipinski definition) is 2. The zero-order valence-electron chi connectivity index (χ0n) is 15.7. The molecule has 1 aliphatic rings. The maximum absolute atomic E-state index is 10.5. The Balaban J connectivity index is 1.96. The molecule has 0 aromatic heterocycles. The summed E-state index contributed by atoms with van der Waals surface area (Å²) in [6.45, 7) is 6.64. The second kappa shape index (κ2) is 8.66. The summed E-state index contributed by atoms with van der Waals surface area (Å²) in [4.78, 5) is 10.5. The van der Waals surface area contributed by atoms with Gasteiger partial charge in [-0.15, -0.1) is 0 Å². The molecular formula is C22H32O3. The van der Waals surface area contributed by atoms with Crippen molar-refractivity contribution >= 4 is 5.97 Å². The van der Waals surface area contributed by atoms with Gasteiger partial charge in [0.2, 0.25) is 0 Å². The lowest BCUT2D eigenvalue weighted by Gasteiger charge is -2.24. The molecule has 2 N–H and O–H groups in total. The van der Waals surface area contributed by atoms with Gasteiger partial charge < -0.3 is 10.2 Å². The van der Waals surface area contributed by atoms with E-state index in [0.717, 1.165) is 25.7 Å². The quantitative estimate of drug-likeness (QED) is 0.538. The SMILES string of the molecule is CC(C)(C)c1ccc(C2C(O)CCC2C/C=C/CCCC(=O)O)cc1. The molecule has 1 aromatic rings. The average molecular weight is 344 g/mol. The summed E-state index contributed by atoms with van der Waals surface area (Å²) in [5.41, 5.74) is 2.70. The number of aliphatic hydroxyl groups is 1. The average Bonchev–Trinajstić information content (AvgIpc) is 2.90. The number of benzene rings is 1. The minimum Gasteiger partial charge on any atom is -0.481 e. The van der Waals surface area contributed by atoms with E-state index >= 15 is 0 Å².